The molecule has 0 aliphatic carbocycles. The minimum atomic E-state index is -4.63. The van der Waals surface area contributed by atoms with Crippen molar-refractivity contribution in [2.24, 2.45) is 5.73 Å². The monoisotopic (exact) mass is 268 g/mol. The Kier molecular flexibility index (Phi) is 3.72. The summed E-state index contributed by atoms with van der Waals surface area (Å²) in [6, 6.07) is 0.612. The Bertz CT molecular complexity index is 449. The molecule has 0 spiro atoms. The van der Waals surface area contributed by atoms with Crippen LogP contribution in [0, 0.1) is 0 Å². The highest BCUT2D eigenvalue weighted by Gasteiger charge is 2.34. The standard InChI is InChI=1S/C9H8ClF3N2O2/c1-17-7-3-5(10)4(9(11,12)13)2-6(7)15-8(14)16/h2-3H,1H3,(H3,14,15,16). The molecule has 0 heterocycles. The molecular weight excluding hydrogens is 261 g/mol. The maximum atomic E-state index is 12.5. The van der Waals surface area contributed by atoms with Gasteiger partial charge in [0.2, 0.25) is 0 Å². The number of hydrogen-bond acceptors (Lipinski definition) is 2. The SMILES string of the molecule is COc1cc(Cl)c(C(F)(F)F)cc1NC(N)=O. The average molecular weight is 269 g/mol. The van der Waals surface area contributed by atoms with Crippen LogP contribution in [0.5, 0.6) is 5.75 Å². The van der Waals surface area contributed by atoms with Crippen LogP contribution in [0.2, 0.25) is 5.02 Å². The first-order chi connectivity index (χ1) is 7.75. The molecule has 0 aliphatic heterocycles. The molecule has 0 radical (unpaired) electrons. The minimum Gasteiger partial charge on any atom is -0.495 e. The summed E-state index contributed by atoms with van der Waals surface area (Å²) in [6.07, 6.45) is -4.63. The predicted octanol–water partition coefficient (Wildman–Crippen LogP) is 2.86. The van der Waals surface area contributed by atoms with Crippen LogP contribution >= 0.6 is 11.6 Å². The number of benzene rings is 1. The van der Waals surface area contributed by atoms with Gasteiger partial charge in [0.15, 0.2) is 0 Å². The van der Waals surface area contributed by atoms with Gasteiger partial charge in [-0.15, -0.1) is 0 Å². The van der Waals surface area contributed by atoms with Crippen LogP contribution in [-0.2, 0) is 6.18 Å². The van der Waals surface area contributed by atoms with Gasteiger partial charge in [0.1, 0.15) is 5.75 Å². The van der Waals surface area contributed by atoms with Crippen molar-refractivity contribution in [3.8, 4) is 5.75 Å². The number of carbonyl (C=O) groups is 1. The maximum Gasteiger partial charge on any atom is 0.417 e. The molecule has 0 unspecified atom stereocenters. The summed E-state index contributed by atoms with van der Waals surface area (Å²) in [7, 11) is 1.23. The smallest absolute Gasteiger partial charge is 0.417 e. The van der Waals surface area contributed by atoms with Crippen molar-refractivity contribution in [1.29, 1.82) is 0 Å². The van der Waals surface area contributed by atoms with Crippen LogP contribution in [0.15, 0.2) is 12.1 Å². The third-order valence-electron chi connectivity index (χ3n) is 1.85. The highest BCUT2D eigenvalue weighted by Crippen LogP contribution is 2.40. The van der Waals surface area contributed by atoms with E-state index < -0.39 is 22.8 Å². The van der Waals surface area contributed by atoms with Gasteiger partial charge in [0.25, 0.3) is 0 Å². The third-order valence-corrected chi connectivity index (χ3v) is 2.17. The number of methoxy groups -OCH3 is 1. The molecule has 0 saturated heterocycles. The minimum absolute atomic E-state index is 0.0122. The summed E-state index contributed by atoms with van der Waals surface area (Å²) in [5.41, 5.74) is 3.55. The number of rotatable bonds is 2. The molecule has 0 aromatic heterocycles. The van der Waals surface area contributed by atoms with Crippen molar-refractivity contribution in [3.05, 3.63) is 22.7 Å². The number of nitrogens with two attached hydrogens (primary N) is 1. The number of halogens is 4. The Balaban J connectivity index is 3.32. The van der Waals surface area contributed by atoms with Gasteiger partial charge in [0, 0.05) is 6.07 Å². The van der Waals surface area contributed by atoms with Crippen LogP contribution in [-0.4, -0.2) is 13.1 Å². The topological polar surface area (TPSA) is 64.3 Å². The third kappa shape index (κ3) is 3.16. The van der Waals surface area contributed by atoms with Crippen LogP contribution in [0.25, 0.3) is 0 Å². The fraction of sp³-hybridized carbons (Fsp3) is 0.222. The molecule has 0 aliphatic rings. The zero-order valence-electron chi connectivity index (χ0n) is 8.56. The summed E-state index contributed by atoms with van der Waals surface area (Å²) >= 11 is 5.46. The van der Waals surface area contributed by atoms with Crippen LogP contribution in [0.3, 0.4) is 0 Å². The molecular formula is C9H8ClF3N2O2. The van der Waals surface area contributed by atoms with Crippen LogP contribution in [0.1, 0.15) is 5.56 Å². The van der Waals surface area contributed by atoms with Gasteiger partial charge >= 0.3 is 12.2 Å². The fourth-order valence-electron chi connectivity index (χ4n) is 1.17. The summed E-state index contributed by atoms with van der Waals surface area (Å²) in [4.78, 5) is 10.6. The molecule has 0 fully saturated rings. The van der Waals surface area contributed by atoms with Gasteiger partial charge in [-0.25, -0.2) is 4.79 Å². The van der Waals surface area contributed by atoms with E-state index in [4.69, 9.17) is 22.1 Å². The van der Waals surface area contributed by atoms with Gasteiger partial charge in [-0.3, -0.25) is 0 Å². The normalized spacial score (nSPS) is 11.1. The lowest BCUT2D eigenvalue weighted by Gasteiger charge is -2.14. The van der Waals surface area contributed by atoms with Crippen molar-refractivity contribution in [2.75, 3.05) is 12.4 Å². The lowest BCUT2D eigenvalue weighted by Crippen LogP contribution is -2.20. The van der Waals surface area contributed by atoms with Gasteiger partial charge in [-0.05, 0) is 6.07 Å². The highest BCUT2D eigenvalue weighted by molar-refractivity contribution is 6.31. The Hall–Kier alpha value is -1.63. The van der Waals surface area contributed by atoms with E-state index in [-0.39, 0.29) is 11.4 Å². The molecule has 1 aromatic rings. The number of amides is 2. The average Bonchev–Trinajstić information content (AvgIpc) is 2.17. The fourth-order valence-corrected chi connectivity index (χ4v) is 1.43. The van der Waals surface area contributed by atoms with Crippen molar-refractivity contribution in [2.45, 2.75) is 6.18 Å². The van der Waals surface area contributed by atoms with Crippen LogP contribution in [0.4, 0.5) is 23.7 Å². The highest BCUT2D eigenvalue weighted by atomic mass is 35.5. The maximum absolute atomic E-state index is 12.5. The molecule has 8 heteroatoms. The van der Waals surface area contributed by atoms with Crippen molar-refractivity contribution in [1.82, 2.24) is 0 Å². The summed E-state index contributed by atoms with van der Waals surface area (Å²) in [5, 5.41) is 1.50. The first kappa shape index (κ1) is 13.4. The molecule has 3 N–H and O–H groups in total. The predicted molar refractivity (Wildman–Crippen MR) is 56.2 cm³/mol. The van der Waals surface area contributed by atoms with E-state index in [1.807, 2.05) is 5.32 Å². The number of ether oxygens (including phenoxy) is 1. The number of anilines is 1. The molecule has 94 valence electrons. The van der Waals surface area contributed by atoms with Gasteiger partial charge in [-0.1, -0.05) is 11.6 Å². The molecule has 0 saturated carbocycles. The number of primary amides is 1. The Morgan fingerprint density at radius 1 is 1.47 bits per heavy atom. The Morgan fingerprint density at radius 2 is 2.06 bits per heavy atom. The second kappa shape index (κ2) is 4.70. The molecule has 1 aromatic carbocycles. The van der Waals surface area contributed by atoms with E-state index in [0.29, 0.717) is 6.07 Å². The molecule has 4 nitrogen and oxygen atoms in total. The Morgan fingerprint density at radius 3 is 2.47 bits per heavy atom. The quantitative estimate of drug-likeness (QED) is 0.866. The molecule has 17 heavy (non-hydrogen) atoms. The summed E-state index contributed by atoms with van der Waals surface area (Å²) in [5.74, 6) is -0.0122. The van der Waals surface area contributed by atoms with Gasteiger partial charge in [0.05, 0.1) is 23.4 Å². The van der Waals surface area contributed by atoms with E-state index >= 15 is 0 Å². The number of urea groups is 1. The zero-order valence-corrected chi connectivity index (χ0v) is 9.32. The van der Waals surface area contributed by atoms with E-state index in [2.05, 4.69) is 0 Å². The zero-order chi connectivity index (χ0) is 13.2. The summed E-state index contributed by atoms with van der Waals surface area (Å²) < 4.78 is 42.4. The van der Waals surface area contributed by atoms with Gasteiger partial charge in [-0.2, -0.15) is 13.2 Å². The number of carbonyl (C=O) groups excluding carboxylic acids is 1. The largest absolute Gasteiger partial charge is 0.495 e. The van der Waals surface area contributed by atoms with Crippen LogP contribution < -0.4 is 15.8 Å². The molecule has 2 amide bonds. The molecule has 0 atom stereocenters. The number of nitrogens with one attached hydrogen (secondary N) is 1. The van der Waals surface area contributed by atoms with Crippen molar-refractivity contribution in [3.63, 3.8) is 0 Å². The summed E-state index contributed by atoms with van der Waals surface area (Å²) in [6.45, 7) is 0. The molecule has 1 rings (SSSR count). The van der Waals surface area contributed by atoms with Crippen molar-refractivity contribution >= 4 is 23.3 Å². The first-order valence-electron chi connectivity index (χ1n) is 4.27. The van der Waals surface area contributed by atoms with E-state index in [1.54, 1.807) is 0 Å². The Labute approximate surface area is 99.5 Å². The van der Waals surface area contributed by atoms with Crippen molar-refractivity contribution < 1.29 is 22.7 Å². The second-order valence-electron chi connectivity index (χ2n) is 3.02. The lowest BCUT2D eigenvalue weighted by atomic mass is 10.1. The lowest BCUT2D eigenvalue weighted by molar-refractivity contribution is -0.137. The van der Waals surface area contributed by atoms with E-state index in [1.165, 1.54) is 7.11 Å². The molecule has 0 bridgehead atoms. The van der Waals surface area contributed by atoms with Gasteiger partial charge < -0.3 is 15.8 Å². The van der Waals surface area contributed by atoms with E-state index in [0.717, 1.165) is 6.07 Å². The second-order valence-corrected chi connectivity index (χ2v) is 3.43. The number of alkyl halides is 3. The van der Waals surface area contributed by atoms with E-state index in [9.17, 15) is 18.0 Å². The number of hydrogen-bond donors (Lipinski definition) is 2. The first-order valence-corrected chi connectivity index (χ1v) is 4.64.